The number of sulfonamides is 1. The van der Waals surface area contributed by atoms with Crippen molar-refractivity contribution in [1.82, 2.24) is 15.0 Å². The molecule has 0 atom stereocenters. The maximum Gasteiger partial charge on any atom is 0.266 e. The van der Waals surface area contributed by atoms with Crippen molar-refractivity contribution in [3.63, 3.8) is 0 Å². The van der Waals surface area contributed by atoms with Crippen LogP contribution in [0.3, 0.4) is 0 Å². The summed E-state index contributed by atoms with van der Waals surface area (Å²) >= 11 is 0. The van der Waals surface area contributed by atoms with Gasteiger partial charge in [-0.05, 0) is 55.5 Å². The molecule has 1 aromatic heterocycles. The van der Waals surface area contributed by atoms with Crippen LogP contribution in [0.2, 0.25) is 0 Å². The zero-order valence-corrected chi connectivity index (χ0v) is 19.6. The van der Waals surface area contributed by atoms with Gasteiger partial charge < -0.3 is 10.1 Å². The molecule has 2 rings (SSSR count). The Bertz CT molecular complexity index is 987. The topological polar surface area (TPSA) is 114 Å². The SMILES string of the molecule is CCOCc1ccc(C(=O)NS(=O)(=O)c2ccc(CCNC(=O)CCC(C)C)cc2)cn1. The van der Waals surface area contributed by atoms with Gasteiger partial charge in [0.05, 0.1) is 22.8 Å². The average Bonchev–Trinajstić information content (AvgIpc) is 2.76. The van der Waals surface area contributed by atoms with Gasteiger partial charge in [0, 0.05) is 25.8 Å². The van der Waals surface area contributed by atoms with Crippen LogP contribution in [0.15, 0.2) is 47.5 Å². The molecule has 2 N–H and O–H groups in total. The number of rotatable bonds is 12. The lowest BCUT2D eigenvalue weighted by atomic mass is 10.1. The highest BCUT2D eigenvalue weighted by Crippen LogP contribution is 2.12. The quantitative estimate of drug-likeness (QED) is 0.502. The fraction of sp³-hybridized carbons (Fsp3) is 0.435. The Morgan fingerprint density at radius 1 is 1.09 bits per heavy atom. The van der Waals surface area contributed by atoms with Crippen LogP contribution in [0.25, 0.3) is 0 Å². The number of benzene rings is 1. The fourth-order valence-electron chi connectivity index (χ4n) is 2.78. The summed E-state index contributed by atoms with van der Waals surface area (Å²) in [6.07, 6.45) is 3.24. The molecule has 0 saturated heterocycles. The number of ether oxygens (including phenoxy) is 1. The van der Waals surface area contributed by atoms with Crippen molar-refractivity contribution in [3.05, 3.63) is 59.4 Å². The smallest absolute Gasteiger partial charge is 0.266 e. The molecule has 8 nitrogen and oxygen atoms in total. The number of pyridine rings is 1. The molecule has 0 bridgehead atoms. The first-order chi connectivity index (χ1) is 15.2. The number of carbonyl (C=O) groups is 2. The van der Waals surface area contributed by atoms with Crippen molar-refractivity contribution in [1.29, 1.82) is 0 Å². The molecule has 0 radical (unpaired) electrons. The predicted molar refractivity (Wildman–Crippen MR) is 121 cm³/mol. The lowest BCUT2D eigenvalue weighted by Crippen LogP contribution is -2.30. The Morgan fingerprint density at radius 3 is 2.41 bits per heavy atom. The van der Waals surface area contributed by atoms with Crippen LogP contribution < -0.4 is 10.0 Å². The molecule has 0 unspecified atom stereocenters. The van der Waals surface area contributed by atoms with Crippen LogP contribution in [0.4, 0.5) is 0 Å². The Labute approximate surface area is 189 Å². The van der Waals surface area contributed by atoms with E-state index in [4.69, 9.17) is 4.74 Å². The van der Waals surface area contributed by atoms with Crippen LogP contribution in [-0.4, -0.2) is 38.4 Å². The monoisotopic (exact) mass is 461 g/mol. The molecule has 0 saturated carbocycles. The second-order valence-corrected chi connectivity index (χ2v) is 9.47. The molecule has 1 heterocycles. The molecule has 2 aromatic rings. The van der Waals surface area contributed by atoms with Gasteiger partial charge >= 0.3 is 0 Å². The summed E-state index contributed by atoms with van der Waals surface area (Å²) in [5, 5.41) is 2.86. The molecule has 174 valence electrons. The summed E-state index contributed by atoms with van der Waals surface area (Å²) in [5.41, 5.74) is 1.67. The molecule has 1 aromatic carbocycles. The number of aromatic nitrogens is 1. The molecule has 0 spiro atoms. The maximum absolute atomic E-state index is 12.5. The Hall–Kier alpha value is -2.78. The normalized spacial score (nSPS) is 11.4. The third kappa shape index (κ3) is 8.39. The molecule has 0 aliphatic rings. The second kappa shape index (κ2) is 12.3. The maximum atomic E-state index is 12.5. The number of amides is 2. The lowest BCUT2D eigenvalue weighted by Gasteiger charge is -2.09. The van der Waals surface area contributed by atoms with Gasteiger partial charge in [0.15, 0.2) is 0 Å². The van der Waals surface area contributed by atoms with E-state index < -0.39 is 15.9 Å². The van der Waals surface area contributed by atoms with E-state index in [1.54, 1.807) is 18.2 Å². The van der Waals surface area contributed by atoms with Crippen LogP contribution in [0, 0.1) is 5.92 Å². The van der Waals surface area contributed by atoms with Crippen molar-refractivity contribution in [2.75, 3.05) is 13.2 Å². The van der Waals surface area contributed by atoms with Crippen molar-refractivity contribution < 1.29 is 22.7 Å². The largest absolute Gasteiger partial charge is 0.375 e. The van der Waals surface area contributed by atoms with Crippen LogP contribution in [0.5, 0.6) is 0 Å². The van der Waals surface area contributed by atoms with Crippen LogP contribution in [-0.2, 0) is 32.6 Å². The van der Waals surface area contributed by atoms with E-state index in [1.807, 2.05) is 6.92 Å². The van der Waals surface area contributed by atoms with Gasteiger partial charge in [-0.2, -0.15) is 0 Å². The van der Waals surface area contributed by atoms with Gasteiger partial charge in [-0.3, -0.25) is 14.6 Å². The highest BCUT2D eigenvalue weighted by molar-refractivity contribution is 7.90. The summed E-state index contributed by atoms with van der Waals surface area (Å²) < 4.78 is 32.4. The van der Waals surface area contributed by atoms with E-state index in [0.717, 1.165) is 12.0 Å². The van der Waals surface area contributed by atoms with E-state index in [-0.39, 0.29) is 16.4 Å². The number of nitrogens with zero attached hydrogens (tertiary/aromatic N) is 1. The number of hydrogen-bond donors (Lipinski definition) is 2. The van der Waals surface area contributed by atoms with Gasteiger partial charge in [0.25, 0.3) is 15.9 Å². The number of carbonyl (C=O) groups excluding carboxylic acids is 2. The number of nitrogens with one attached hydrogen (secondary N) is 2. The third-order valence-electron chi connectivity index (χ3n) is 4.69. The second-order valence-electron chi connectivity index (χ2n) is 7.79. The molecule has 2 amide bonds. The lowest BCUT2D eigenvalue weighted by molar-refractivity contribution is -0.121. The highest BCUT2D eigenvalue weighted by atomic mass is 32.2. The minimum atomic E-state index is -4.02. The van der Waals surface area contributed by atoms with E-state index in [2.05, 4.69) is 28.9 Å². The van der Waals surface area contributed by atoms with Gasteiger partial charge in [-0.15, -0.1) is 0 Å². The number of hydrogen-bond acceptors (Lipinski definition) is 6. The van der Waals surface area contributed by atoms with E-state index in [9.17, 15) is 18.0 Å². The van der Waals surface area contributed by atoms with Crippen molar-refractivity contribution >= 4 is 21.8 Å². The minimum absolute atomic E-state index is 0.0148. The summed E-state index contributed by atoms with van der Waals surface area (Å²) in [6, 6.07) is 9.34. The molecule has 0 aliphatic carbocycles. The molecule has 0 aliphatic heterocycles. The van der Waals surface area contributed by atoms with Crippen molar-refractivity contribution in [2.24, 2.45) is 5.92 Å². The van der Waals surface area contributed by atoms with Crippen molar-refractivity contribution in [2.45, 2.75) is 51.5 Å². The molecule has 9 heteroatoms. The highest BCUT2D eigenvalue weighted by Gasteiger charge is 2.19. The summed E-state index contributed by atoms with van der Waals surface area (Å²) in [4.78, 5) is 28.2. The van der Waals surface area contributed by atoms with E-state index >= 15 is 0 Å². The molecular formula is C23H31N3O5S. The fourth-order valence-corrected chi connectivity index (χ4v) is 3.75. The first kappa shape index (κ1) is 25.5. The summed E-state index contributed by atoms with van der Waals surface area (Å²) in [6.45, 7) is 7.36. The molecule has 32 heavy (non-hydrogen) atoms. The van der Waals surface area contributed by atoms with Gasteiger partial charge in [-0.25, -0.2) is 13.1 Å². The van der Waals surface area contributed by atoms with Crippen LogP contribution >= 0.6 is 0 Å². The first-order valence-electron chi connectivity index (χ1n) is 10.7. The first-order valence-corrected chi connectivity index (χ1v) is 12.1. The molecule has 0 fully saturated rings. The zero-order valence-electron chi connectivity index (χ0n) is 18.8. The Kier molecular flexibility index (Phi) is 9.80. The van der Waals surface area contributed by atoms with Crippen LogP contribution in [0.1, 0.15) is 55.2 Å². The average molecular weight is 462 g/mol. The van der Waals surface area contributed by atoms with Gasteiger partial charge in [0.1, 0.15) is 0 Å². The molecular weight excluding hydrogens is 430 g/mol. The Morgan fingerprint density at radius 2 is 1.81 bits per heavy atom. The summed E-state index contributed by atoms with van der Waals surface area (Å²) in [7, 11) is -4.02. The standard InChI is InChI=1S/C23H31N3O5S/c1-4-31-16-20-9-8-19(15-25-20)23(28)26-32(29,30)21-10-6-18(7-11-21)13-14-24-22(27)12-5-17(2)3/h6-11,15,17H,4-5,12-14,16H2,1-3H3,(H,24,27)(H,26,28). The van der Waals surface area contributed by atoms with Gasteiger partial charge in [0.2, 0.25) is 5.91 Å². The van der Waals surface area contributed by atoms with E-state index in [1.165, 1.54) is 24.4 Å². The zero-order chi connectivity index (χ0) is 23.6. The van der Waals surface area contributed by atoms with E-state index in [0.29, 0.717) is 44.2 Å². The predicted octanol–water partition coefficient (Wildman–Crippen LogP) is 2.83. The summed E-state index contributed by atoms with van der Waals surface area (Å²) in [5.74, 6) is -0.263. The minimum Gasteiger partial charge on any atom is -0.375 e. The third-order valence-corrected chi connectivity index (χ3v) is 6.03. The Balaban J connectivity index is 1.89. The van der Waals surface area contributed by atoms with Crippen molar-refractivity contribution in [3.8, 4) is 0 Å². The van der Waals surface area contributed by atoms with Gasteiger partial charge in [-0.1, -0.05) is 26.0 Å².